The van der Waals surface area contributed by atoms with E-state index in [1.165, 1.54) is 5.56 Å². The number of amides is 2. The van der Waals surface area contributed by atoms with Gasteiger partial charge in [-0.3, -0.25) is 14.5 Å². The molecule has 4 aromatic rings. The highest BCUT2D eigenvalue weighted by Crippen LogP contribution is 2.20. The van der Waals surface area contributed by atoms with E-state index in [4.69, 9.17) is 14.0 Å². The van der Waals surface area contributed by atoms with Crippen LogP contribution in [-0.2, 0) is 11.2 Å². The van der Waals surface area contributed by atoms with Crippen LogP contribution in [0.3, 0.4) is 0 Å². The van der Waals surface area contributed by atoms with Gasteiger partial charge in [0.2, 0.25) is 5.89 Å². The molecule has 1 aliphatic rings. The minimum Gasteiger partial charge on any atom is -0.492 e. The molecule has 1 saturated heterocycles. The molecule has 0 spiro atoms. The Morgan fingerprint density at radius 1 is 0.905 bits per heavy atom. The number of hydrogen-bond donors (Lipinski definition) is 2. The fraction of sp³-hybridized carbons (Fsp3) is 0.312. The Morgan fingerprint density at radius 2 is 1.60 bits per heavy atom. The summed E-state index contributed by atoms with van der Waals surface area (Å²) >= 11 is 0. The van der Waals surface area contributed by atoms with Gasteiger partial charge in [-0.15, -0.1) is 0 Å². The first kappa shape index (κ1) is 29.0. The summed E-state index contributed by atoms with van der Waals surface area (Å²) in [5, 5.41) is 9.59. The maximum absolute atomic E-state index is 12.8. The summed E-state index contributed by atoms with van der Waals surface area (Å²) in [7, 11) is 0. The van der Waals surface area contributed by atoms with Crippen molar-refractivity contribution in [2.24, 2.45) is 0 Å². The third-order valence-corrected chi connectivity index (χ3v) is 7.07. The fourth-order valence-electron chi connectivity index (χ4n) is 4.63. The van der Waals surface area contributed by atoms with Gasteiger partial charge in [-0.25, -0.2) is 0 Å². The lowest BCUT2D eigenvalue weighted by atomic mass is 10.0. The lowest BCUT2D eigenvalue weighted by Crippen LogP contribution is -2.51. The van der Waals surface area contributed by atoms with Gasteiger partial charge in [-0.1, -0.05) is 65.3 Å². The topological polar surface area (TPSA) is 119 Å². The molecule has 10 heteroatoms. The van der Waals surface area contributed by atoms with Crippen molar-refractivity contribution < 1.29 is 23.6 Å². The van der Waals surface area contributed by atoms with Gasteiger partial charge in [-0.05, 0) is 42.3 Å². The second-order valence-corrected chi connectivity index (χ2v) is 10.1. The molecule has 1 atom stereocenters. The normalized spacial score (nSPS) is 14.2. The highest BCUT2D eigenvalue weighted by Gasteiger charge is 2.24. The molecule has 3 aromatic carbocycles. The number of aryl methyl sites for hydroxylation is 1. The maximum atomic E-state index is 12.8. The van der Waals surface area contributed by atoms with Crippen LogP contribution in [0.4, 0.5) is 0 Å². The van der Waals surface area contributed by atoms with Gasteiger partial charge >= 0.3 is 0 Å². The molecule has 1 fully saturated rings. The van der Waals surface area contributed by atoms with Crippen molar-refractivity contribution in [1.29, 1.82) is 0 Å². The predicted molar refractivity (Wildman–Crippen MR) is 157 cm³/mol. The van der Waals surface area contributed by atoms with Crippen molar-refractivity contribution in [2.75, 3.05) is 46.0 Å². The summed E-state index contributed by atoms with van der Waals surface area (Å²) in [6, 6.07) is 25.2. The molecule has 0 saturated carbocycles. The maximum Gasteiger partial charge on any atom is 0.292 e. The molecule has 2 N–H and O–H groups in total. The van der Waals surface area contributed by atoms with Crippen LogP contribution in [0.25, 0.3) is 11.1 Å². The molecule has 10 nitrogen and oxygen atoms in total. The minimum atomic E-state index is -0.430. The minimum absolute atomic E-state index is 0.0484. The average Bonchev–Trinajstić information content (AvgIpc) is 3.51. The summed E-state index contributed by atoms with van der Waals surface area (Å²) < 4.78 is 16.7. The van der Waals surface area contributed by atoms with Gasteiger partial charge in [0, 0.05) is 38.2 Å². The second kappa shape index (κ2) is 14.4. The van der Waals surface area contributed by atoms with Crippen LogP contribution >= 0.6 is 0 Å². The second-order valence-electron chi connectivity index (χ2n) is 10.1. The molecule has 42 heavy (non-hydrogen) atoms. The molecule has 0 radical (unpaired) electrons. The molecule has 2 heterocycles. The van der Waals surface area contributed by atoms with Gasteiger partial charge in [0.05, 0.1) is 19.3 Å². The lowest BCUT2D eigenvalue weighted by Gasteiger charge is -2.34. The number of morpholine rings is 1. The number of rotatable bonds is 12. The van der Waals surface area contributed by atoms with Crippen LogP contribution in [0.2, 0.25) is 0 Å². The van der Waals surface area contributed by atoms with E-state index in [2.05, 4.69) is 49.9 Å². The number of para-hydroxylation sites is 1. The predicted octanol–water partition coefficient (Wildman–Crippen LogP) is 3.53. The van der Waals surface area contributed by atoms with Crippen LogP contribution in [0.5, 0.6) is 5.75 Å². The van der Waals surface area contributed by atoms with Crippen LogP contribution in [0.1, 0.15) is 32.4 Å². The molecule has 218 valence electrons. The highest BCUT2D eigenvalue weighted by molar-refractivity contribution is 5.94. The number of benzene rings is 3. The van der Waals surface area contributed by atoms with E-state index in [9.17, 15) is 9.59 Å². The van der Waals surface area contributed by atoms with E-state index in [1.54, 1.807) is 12.1 Å². The first-order valence-corrected chi connectivity index (χ1v) is 14.1. The number of aromatic nitrogens is 2. The van der Waals surface area contributed by atoms with Gasteiger partial charge in [0.15, 0.2) is 0 Å². The first-order valence-electron chi connectivity index (χ1n) is 14.1. The van der Waals surface area contributed by atoms with Crippen molar-refractivity contribution in [2.45, 2.75) is 19.4 Å². The Kier molecular flexibility index (Phi) is 9.92. The van der Waals surface area contributed by atoms with Crippen LogP contribution in [-0.4, -0.2) is 78.9 Å². The zero-order valence-electron chi connectivity index (χ0n) is 23.6. The standard InChI is InChI=1S/C32H35N5O5/c1-23-7-9-24(10-8-23)25-11-13-26(14-12-25)31(38)33-16-15-29-35-30(36-42-29)32(39)34-21-27(37-17-19-40-20-18-37)22-41-28-5-3-2-4-6-28/h2-14,27H,15-22H2,1H3,(H,33,38)(H,34,39). The van der Waals surface area contributed by atoms with Gasteiger partial charge < -0.3 is 24.6 Å². The Balaban J connectivity index is 1.08. The molecule has 0 bridgehead atoms. The largest absolute Gasteiger partial charge is 0.492 e. The van der Waals surface area contributed by atoms with Crippen LogP contribution in [0, 0.1) is 6.92 Å². The molecule has 1 unspecified atom stereocenters. The quantitative estimate of drug-likeness (QED) is 0.266. The van der Waals surface area contributed by atoms with Gasteiger partial charge in [-0.2, -0.15) is 4.98 Å². The van der Waals surface area contributed by atoms with E-state index in [0.29, 0.717) is 38.3 Å². The Labute approximate surface area is 245 Å². The average molecular weight is 570 g/mol. The number of hydrogen-bond acceptors (Lipinski definition) is 8. The van der Waals surface area contributed by atoms with E-state index < -0.39 is 5.91 Å². The Bertz CT molecular complexity index is 1430. The van der Waals surface area contributed by atoms with Crippen molar-refractivity contribution in [3.05, 3.63) is 102 Å². The molecule has 2 amide bonds. The Hall–Kier alpha value is -4.54. The first-order chi connectivity index (χ1) is 20.5. The number of nitrogens with zero attached hydrogens (tertiary/aromatic N) is 3. The van der Waals surface area contributed by atoms with Crippen LogP contribution in [0.15, 0.2) is 83.4 Å². The van der Waals surface area contributed by atoms with Crippen molar-refractivity contribution in [3.8, 4) is 16.9 Å². The molecule has 1 aromatic heterocycles. The SMILES string of the molecule is Cc1ccc(-c2ccc(C(=O)NCCc3nc(C(=O)NCC(COc4ccccc4)N4CCOCC4)no3)cc2)cc1. The van der Waals surface area contributed by atoms with E-state index >= 15 is 0 Å². The van der Waals surface area contributed by atoms with E-state index in [0.717, 1.165) is 30.0 Å². The summed E-state index contributed by atoms with van der Waals surface area (Å²) in [4.78, 5) is 31.8. The third kappa shape index (κ3) is 8.02. The fourth-order valence-corrected chi connectivity index (χ4v) is 4.63. The van der Waals surface area contributed by atoms with Crippen molar-refractivity contribution >= 4 is 11.8 Å². The van der Waals surface area contributed by atoms with E-state index in [1.807, 2.05) is 49.4 Å². The van der Waals surface area contributed by atoms with Gasteiger partial charge in [0.1, 0.15) is 12.4 Å². The zero-order valence-corrected chi connectivity index (χ0v) is 23.6. The third-order valence-electron chi connectivity index (χ3n) is 7.07. The summed E-state index contributed by atoms with van der Waals surface area (Å²) in [5.74, 6) is 0.367. The van der Waals surface area contributed by atoms with Gasteiger partial charge in [0.25, 0.3) is 17.6 Å². The lowest BCUT2D eigenvalue weighted by molar-refractivity contribution is 0.00641. The van der Waals surface area contributed by atoms with Crippen molar-refractivity contribution in [3.63, 3.8) is 0 Å². The number of nitrogens with one attached hydrogen (secondary N) is 2. The van der Waals surface area contributed by atoms with Crippen LogP contribution < -0.4 is 15.4 Å². The number of ether oxygens (including phenoxy) is 2. The van der Waals surface area contributed by atoms with Crippen molar-refractivity contribution in [1.82, 2.24) is 25.7 Å². The molecule has 1 aliphatic heterocycles. The summed E-state index contributed by atoms with van der Waals surface area (Å²) in [6.07, 6.45) is 0.300. The molecule has 0 aliphatic carbocycles. The highest BCUT2D eigenvalue weighted by atomic mass is 16.5. The Morgan fingerprint density at radius 3 is 2.31 bits per heavy atom. The zero-order chi connectivity index (χ0) is 29.1. The monoisotopic (exact) mass is 569 g/mol. The smallest absolute Gasteiger partial charge is 0.292 e. The number of carbonyl (C=O) groups excluding carboxylic acids is 2. The van der Waals surface area contributed by atoms with E-state index in [-0.39, 0.29) is 30.2 Å². The molecular weight excluding hydrogens is 534 g/mol. The molecule has 5 rings (SSSR count). The summed E-state index contributed by atoms with van der Waals surface area (Å²) in [5.41, 5.74) is 3.90. The summed E-state index contributed by atoms with van der Waals surface area (Å²) in [6.45, 7) is 5.90. The molecular formula is C32H35N5O5. The number of carbonyl (C=O) groups is 2.